The van der Waals surface area contributed by atoms with Crippen molar-refractivity contribution in [2.24, 2.45) is 0 Å². The minimum atomic E-state index is -0.168. The third-order valence-corrected chi connectivity index (χ3v) is 2.34. The van der Waals surface area contributed by atoms with Gasteiger partial charge in [-0.15, -0.1) is 0 Å². The van der Waals surface area contributed by atoms with Gasteiger partial charge in [0.25, 0.3) is 0 Å². The Balaban J connectivity index is 2.00. The van der Waals surface area contributed by atoms with E-state index >= 15 is 0 Å². The van der Waals surface area contributed by atoms with E-state index in [-0.39, 0.29) is 12.5 Å². The average molecular weight is 231 g/mol. The second kappa shape index (κ2) is 4.65. The summed E-state index contributed by atoms with van der Waals surface area (Å²) in [6, 6.07) is 5.40. The van der Waals surface area contributed by atoms with Crippen molar-refractivity contribution in [1.29, 1.82) is 0 Å². The number of carbonyl (C=O) groups excluding carboxylic acids is 1. The topological polar surface area (TPSA) is 85.8 Å². The lowest BCUT2D eigenvalue weighted by molar-refractivity contribution is -0.116. The highest BCUT2D eigenvalue weighted by Crippen LogP contribution is 2.16. The highest BCUT2D eigenvalue weighted by Gasteiger charge is 2.04. The minimum absolute atomic E-state index is 0.133. The quantitative estimate of drug-likeness (QED) is 0.765. The van der Waals surface area contributed by atoms with Crippen molar-refractivity contribution in [2.75, 3.05) is 11.1 Å². The Morgan fingerprint density at radius 3 is 3.00 bits per heavy atom. The van der Waals surface area contributed by atoms with Gasteiger partial charge in [-0.05, 0) is 24.6 Å². The molecule has 0 spiro atoms. The van der Waals surface area contributed by atoms with Crippen LogP contribution in [0, 0.1) is 6.92 Å². The van der Waals surface area contributed by atoms with Crippen molar-refractivity contribution < 1.29 is 4.79 Å². The Kier molecular flexibility index (Phi) is 3.04. The fourth-order valence-electron chi connectivity index (χ4n) is 1.38. The predicted molar refractivity (Wildman–Crippen MR) is 64.2 cm³/mol. The van der Waals surface area contributed by atoms with Crippen LogP contribution in [-0.4, -0.2) is 20.7 Å². The average Bonchev–Trinajstić information content (AvgIpc) is 2.76. The maximum absolute atomic E-state index is 11.6. The number of hydrogen-bond donors (Lipinski definition) is 2. The van der Waals surface area contributed by atoms with Gasteiger partial charge < -0.3 is 11.1 Å². The molecule has 0 atom stereocenters. The third kappa shape index (κ3) is 2.81. The summed E-state index contributed by atoms with van der Waals surface area (Å²) in [5.74, 6) is -0.168. The number of anilines is 2. The second-order valence-corrected chi connectivity index (χ2v) is 3.71. The van der Waals surface area contributed by atoms with Gasteiger partial charge >= 0.3 is 0 Å². The molecule has 0 aliphatic heterocycles. The first-order chi connectivity index (χ1) is 8.15. The van der Waals surface area contributed by atoms with Crippen LogP contribution in [0.5, 0.6) is 0 Å². The lowest BCUT2D eigenvalue weighted by Gasteiger charge is -2.07. The molecule has 1 heterocycles. The maximum Gasteiger partial charge on any atom is 0.246 e. The van der Waals surface area contributed by atoms with Gasteiger partial charge in [0.2, 0.25) is 5.91 Å². The first-order valence-electron chi connectivity index (χ1n) is 5.13. The SMILES string of the molecule is Cc1ccc(NC(=O)Cn2cncn2)cc1N. The van der Waals surface area contributed by atoms with E-state index in [0.717, 1.165) is 5.56 Å². The normalized spacial score (nSPS) is 10.2. The third-order valence-electron chi connectivity index (χ3n) is 2.34. The number of carbonyl (C=O) groups is 1. The molecule has 1 amide bonds. The molecule has 0 unspecified atom stereocenters. The Bertz CT molecular complexity index is 521. The lowest BCUT2D eigenvalue weighted by Crippen LogP contribution is -2.19. The number of nitrogens with one attached hydrogen (secondary N) is 1. The van der Waals surface area contributed by atoms with E-state index in [9.17, 15) is 4.79 Å². The largest absolute Gasteiger partial charge is 0.398 e. The van der Waals surface area contributed by atoms with Gasteiger partial charge in [-0.3, -0.25) is 4.79 Å². The molecular weight excluding hydrogens is 218 g/mol. The van der Waals surface area contributed by atoms with Crippen LogP contribution in [0.1, 0.15) is 5.56 Å². The minimum Gasteiger partial charge on any atom is -0.398 e. The van der Waals surface area contributed by atoms with Crippen LogP contribution in [0.3, 0.4) is 0 Å². The van der Waals surface area contributed by atoms with Gasteiger partial charge in [0.1, 0.15) is 19.2 Å². The lowest BCUT2D eigenvalue weighted by atomic mass is 10.2. The van der Waals surface area contributed by atoms with E-state index in [1.807, 2.05) is 19.1 Å². The number of aryl methyl sites for hydroxylation is 1. The molecular formula is C11H13N5O. The van der Waals surface area contributed by atoms with E-state index in [1.54, 1.807) is 6.07 Å². The van der Waals surface area contributed by atoms with Gasteiger partial charge in [-0.1, -0.05) is 6.07 Å². The van der Waals surface area contributed by atoms with Crippen LogP contribution in [0.2, 0.25) is 0 Å². The van der Waals surface area contributed by atoms with Gasteiger partial charge in [0, 0.05) is 11.4 Å². The molecule has 0 aliphatic carbocycles. The van der Waals surface area contributed by atoms with E-state index in [2.05, 4.69) is 15.4 Å². The van der Waals surface area contributed by atoms with E-state index in [0.29, 0.717) is 11.4 Å². The summed E-state index contributed by atoms with van der Waals surface area (Å²) in [7, 11) is 0. The summed E-state index contributed by atoms with van der Waals surface area (Å²) in [5.41, 5.74) is 8.07. The van der Waals surface area contributed by atoms with Crippen LogP contribution in [0.15, 0.2) is 30.9 Å². The highest BCUT2D eigenvalue weighted by atomic mass is 16.2. The standard InChI is InChI=1S/C11H13N5O/c1-8-2-3-9(4-10(8)12)15-11(17)5-16-7-13-6-14-16/h2-4,6-7H,5,12H2,1H3,(H,15,17). The highest BCUT2D eigenvalue weighted by molar-refractivity contribution is 5.91. The zero-order valence-electron chi connectivity index (χ0n) is 9.42. The smallest absolute Gasteiger partial charge is 0.246 e. The van der Waals surface area contributed by atoms with Crippen molar-refractivity contribution in [1.82, 2.24) is 14.8 Å². The monoisotopic (exact) mass is 231 g/mol. The molecule has 88 valence electrons. The summed E-state index contributed by atoms with van der Waals surface area (Å²) in [5, 5.41) is 6.59. The van der Waals surface area contributed by atoms with Gasteiger partial charge in [-0.2, -0.15) is 5.10 Å². The van der Waals surface area contributed by atoms with Crippen LogP contribution in [0.25, 0.3) is 0 Å². The van der Waals surface area contributed by atoms with Crippen molar-refractivity contribution >= 4 is 17.3 Å². The molecule has 1 aromatic heterocycles. The van der Waals surface area contributed by atoms with Crippen molar-refractivity contribution in [2.45, 2.75) is 13.5 Å². The number of nitrogens with zero attached hydrogens (tertiary/aromatic N) is 3. The van der Waals surface area contributed by atoms with Crippen LogP contribution in [0.4, 0.5) is 11.4 Å². The van der Waals surface area contributed by atoms with Crippen molar-refractivity contribution in [3.05, 3.63) is 36.4 Å². The summed E-state index contributed by atoms with van der Waals surface area (Å²) in [6.45, 7) is 2.05. The Labute approximate surface area is 98.5 Å². The van der Waals surface area contributed by atoms with E-state index in [4.69, 9.17) is 5.73 Å². The molecule has 0 radical (unpaired) electrons. The van der Waals surface area contributed by atoms with Gasteiger partial charge in [0.05, 0.1) is 0 Å². The molecule has 0 saturated carbocycles. The molecule has 2 rings (SSSR count). The van der Waals surface area contributed by atoms with E-state index < -0.39 is 0 Å². The summed E-state index contributed by atoms with van der Waals surface area (Å²) in [4.78, 5) is 15.4. The van der Waals surface area contributed by atoms with Crippen LogP contribution >= 0.6 is 0 Å². The summed E-state index contributed by atoms with van der Waals surface area (Å²) >= 11 is 0. The van der Waals surface area contributed by atoms with E-state index in [1.165, 1.54) is 17.3 Å². The second-order valence-electron chi connectivity index (χ2n) is 3.71. The molecule has 0 bridgehead atoms. The Hall–Kier alpha value is -2.37. The van der Waals surface area contributed by atoms with Crippen LogP contribution < -0.4 is 11.1 Å². The molecule has 1 aromatic carbocycles. The number of amides is 1. The molecule has 17 heavy (non-hydrogen) atoms. The molecule has 0 fully saturated rings. The van der Waals surface area contributed by atoms with Gasteiger partial charge in [-0.25, -0.2) is 9.67 Å². The maximum atomic E-state index is 11.6. The number of benzene rings is 1. The zero-order valence-corrected chi connectivity index (χ0v) is 9.42. The fraction of sp³-hybridized carbons (Fsp3) is 0.182. The zero-order chi connectivity index (χ0) is 12.3. The molecule has 0 aliphatic rings. The van der Waals surface area contributed by atoms with Crippen molar-refractivity contribution in [3.63, 3.8) is 0 Å². The number of rotatable bonds is 3. The molecule has 6 heteroatoms. The van der Waals surface area contributed by atoms with Crippen LogP contribution in [-0.2, 0) is 11.3 Å². The number of nitrogen functional groups attached to an aromatic ring is 1. The number of nitrogens with two attached hydrogens (primary N) is 1. The summed E-state index contributed by atoms with van der Waals surface area (Å²) < 4.78 is 1.45. The predicted octanol–water partition coefficient (Wildman–Crippen LogP) is 0.807. The fourth-order valence-corrected chi connectivity index (χ4v) is 1.38. The first-order valence-corrected chi connectivity index (χ1v) is 5.13. The molecule has 6 nitrogen and oxygen atoms in total. The Morgan fingerprint density at radius 2 is 2.35 bits per heavy atom. The number of aromatic nitrogens is 3. The van der Waals surface area contributed by atoms with Gasteiger partial charge in [0.15, 0.2) is 0 Å². The molecule has 2 aromatic rings. The Morgan fingerprint density at radius 1 is 1.53 bits per heavy atom. The molecule has 3 N–H and O–H groups in total. The number of hydrogen-bond acceptors (Lipinski definition) is 4. The summed E-state index contributed by atoms with van der Waals surface area (Å²) in [6.07, 6.45) is 2.88. The molecule has 0 saturated heterocycles. The van der Waals surface area contributed by atoms with Crippen molar-refractivity contribution in [3.8, 4) is 0 Å². The first kappa shape index (κ1) is 11.1.